The molecule has 122 valence electrons. The van der Waals surface area contributed by atoms with Crippen molar-refractivity contribution in [2.75, 3.05) is 34.4 Å². The van der Waals surface area contributed by atoms with Crippen LogP contribution in [-0.2, 0) is 11.3 Å². The fraction of sp³-hybridized carbons (Fsp3) is 0.562. The van der Waals surface area contributed by atoms with Gasteiger partial charge in [-0.15, -0.1) is 0 Å². The molecule has 2 atom stereocenters. The van der Waals surface area contributed by atoms with Gasteiger partial charge in [-0.05, 0) is 31.2 Å². The van der Waals surface area contributed by atoms with Crippen molar-refractivity contribution in [3.63, 3.8) is 0 Å². The maximum absolute atomic E-state index is 12.3. The molecule has 1 fully saturated rings. The van der Waals surface area contributed by atoms with Crippen molar-refractivity contribution < 1.29 is 19.4 Å². The summed E-state index contributed by atoms with van der Waals surface area (Å²) in [5.41, 5.74) is 0.921. The predicted molar refractivity (Wildman–Crippen MR) is 83.0 cm³/mol. The number of nitrogens with one attached hydrogen (secondary N) is 1. The number of aliphatic hydroxyl groups excluding tert-OH is 1. The molecular weight excluding hydrogens is 284 g/mol. The first-order valence-corrected chi connectivity index (χ1v) is 7.40. The second kappa shape index (κ2) is 7.47. The first-order chi connectivity index (χ1) is 10.5. The average Bonchev–Trinajstić information content (AvgIpc) is 2.54. The molecule has 1 saturated heterocycles. The summed E-state index contributed by atoms with van der Waals surface area (Å²) in [5, 5.41) is 12.9. The van der Waals surface area contributed by atoms with E-state index in [9.17, 15) is 9.90 Å². The number of aliphatic hydroxyl groups is 1. The molecule has 2 rings (SSSR count). The van der Waals surface area contributed by atoms with Crippen LogP contribution in [0, 0.1) is 5.92 Å². The van der Waals surface area contributed by atoms with E-state index in [2.05, 4.69) is 10.2 Å². The molecule has 1 amide bonds. The predicted octanol–water partition coefficient (Wildman–Crippen LogP) is 0.633. The number of hydrogen-bond acceptors (Lipinski definition) is 5. The molecule has 6 heteroatoms. The van der Waals surface area contributed by atoms with E-state index in [1.165, 1.54) is 0 Å². The van der Waals surface area contributed by atoms with Gasteiger partial charge in [0.2, 0.25) is 5.91 Å². The fourth-order valence-electron chi connectivity index (χ4n) is 2.67. The number of hydrogen-bond donors (Lipinski definition) is 2. The molecule has 2 N–H and O–H groups in total. The van der Waals surface area contributed by atoms with E-state index in [4.69, 9.17) is 9.47 Å². The molecule has 22 heavy (non-hydrogen) atoms. The van der Waals surface area contributed by atoms with E-state index in [-0.39, 0.29) is 11.8 Å². The zero-order valence-corrected chi connectivity index (χ0v) is 13.3. The number of carbonyl (C=O) groups excluding carboxylic acids is 1. The number of ether oxygens (including phenoxy) is 2. The van der Waals surface area contributed by atoms with Crippen LogP contribution in [0.2, 0.25) is 0 Å². The third-order valence-electron chi connectivity index (χ3n) is 4.03. The van der Waals surface area contributed by atoms with Crippen LogP contribution in [0.15, 0.2) is 18.2 Å². The number of methoxy groups -OCH3 is 2. The number of amides is 1. The number of rotatable bonds is 5. The monoisotopic (exact) mass is 308 g/mol. The van der Waals surface area contributed by atoms with Gasteiger partial charge in [0.15, 0.2) is 11.5 Å². The van der Waals surface area contributed by atoms with E-state index in [0.717, 1.165) is 12.1 Å². The molecule has 1 aliphatic heterocycles. The number of likely N-dealkylation sites (tertiary alicyclic amines) is 1. The lowest BCUT2D eigenvalue weighted by molar-refractivity contribution is -0.131. The zero-order chi connectivity index (χ0) is 16.1. The molecule has 1 heterocycles. The summed E-state index contributed by atoms with van der Waals surface area (Å²) in [6, 6.07) is 5.52. The van der Waals surface area contributed by atoms with Crippen molar-refractivity contribution in [3.05, 3.63) is 23.8 Å². The van der Waals surface area contributed by atoms with Crippen molar-refractivity contribution in [2.45, 2.75) is 19.1 Å². The standard InChI is InChI=1S/C16H24N2O4/c1-18-7-6-13(19)12(10-18)16(20)17-9-11-4-5-14(21-2)15(8-11)22-3/h4-5,8,12-13,19H,6-7,9-10H2,1-3H3,(H,17,20)/t12-,13+/m1/s1. The highest BCUT2D eigenvalue weighted by Crippen LogP contribution is 2.27. The number of piperidine rings is 1. The van der Waals surface area contributed by atoms with Crippen molar-refractivity contribution in [3.8, 4) is 11.5 Å². The van der Waals surface area contributed by atoms with Crippen LogP contribution in [-0.4, -0.2) is 56.4 Å². The molecule has 0 aliphatic carbocycles. The number of nitrogens with zero attached hydrogens (tertiary/aromatic N) is 1. The molecule has 0 radical (unpaired) electrons. The quantitative estimate of drug-likeness (QED) is 0.835. The van der Waals surface area contributed by atoms with Gasteiger partial charge >= 0.3 is 0 Å². The highest BCUT2D eigenvalue weighted by atomic mass is 16.5. The minimum atomic E-state index is -0.568. The van der Waals surface area contributed by atoms with Gasteiger partial charge in [-0.2, -0.15) is 0 Å². The second-order valence-electron chi connectivity index (χ2n) is 5.63. The summed E-state index contributed by atoms with van der Waals surface area (Å²) in [7, 11) is 5.12. The lowest BCUT2D eigenvalue weighted by Gasteiger charge is -2.32. The van der Waals surface area contributed by atoms with Gasteiger partial charge in [0.05, 0.1) is 26.2 Å². The zero-order valence-electron chi connectivity index (χ0n) is 13.3. The minimum Gasteiger partial charge on any atom is -0.493 e. The Hall–Kier alpha value is -1.79. The molecule has 0 unspecified atom stereocenters. The van der Waals surface area contributed by atoms with E-state index < -0.39 is 6.10 Å². The van der Waals surface area contributed by atoms with Crippen LogP contribution in [0.5, 0.6) is 11.5 Å². The molecule has 0 bridgehead atoms. The largest absolute Gasteiger partial charge is 0.493 e. The van der Waals surface area contributed by atoms with E-state index in [1.807, 2.05) is 25.2 Å². The first kappa shape index (κ1) is 16.6. The Labute approximate surface area is 131 Å². The summed E-state index contributed by atoms with van der Waals surface area (Å²) in [6.07, 6.45) is 0.0619. The van der Waals surface area contributed by atoms with Crippen LogP contribution in [0.3, 0.4) is 0 Å². The number of carbonyl (C=O) groups is 1. The maximum Gasteiger partial charge on any atom is 0.227 e. The van der Waals surface area contributed by atoms with E-state index >= 15 is 0 Å². The van der Waals surface area contributed by atoms with Crippen molar-refractivity contribution in [2.24, 2.45) is 5.92 Å². The lowest BCUT2D eigenvalue weighted by atomic mass is 9.94. The maximum atomic E-state index is 12.3. The Morgan fingerprint density at radius 3 is 2.77 bits per heavy atom. The van der Waals surface area contributed by atoms with Gasteiger partial charge < -0.3 is 24.8 Å². The van der Waals surface area contributed by atoms with Crippen molar-refractivity contribution >= 4 is 5.91 Å². The summed E-state index contributed by atoms with van der Waals surface area (Å²) in [4.78, 5) is 14.3. The smallest absolute Gasteiger partial charge is 0.227 e. The molecular formula is C16H24N2O4. The van der Waals surface area contributed by atoms with Gasteiger partial charge in [-0.25, -0.2) is 0 Å². The van der Waals surface area contributed by atoms with Crippen LogP contribution in [0.1, 0.15) is 12.0 Å². The Morgan fingerprint density at radius 2 is 2.09 bits per heavy atom. The Bertz CT molecular complexity index is 521. The Balaban J connectivity index is 1.96. The average molecular weight is 308 g/mol. The number of benzene rings is 1. The molecule has 0 aromatic heterocycles. The highest BCUT2D eigenvalue weighted by molar-refractivity contribution is 5.79. The molecule has 0 spiro atoms. The van der Waals surface area contributed by atoms with E-state index in [1.54, 1.807) is 14.2 Å². The Kier molecular flexibility index (Phi) is 5.63. The molecule has 1 aromatic carbocycles. The van der Waals surface area contributed by atoms with Crippen LogP contribution >= 0.6 is 0 Å². The molecule has 0 saturated carbocycles. The van der Waals surface area contributed by atoms with Gasteiger partial charge in [0, 0.05) is 19.6 Å². The molecule has 6 nitrogen and oxygen atoms in total. The van der Waals surface area contributed by atoms with Crippen LogP contribution in [0.25, 0.3) is 0 Å². The van der Waals surface area contributed by atoms with Crippen LogP contribution < -0.4 is 14.8 Å². The fourth-order valence-corrected chi connectivity index (χ4v) is 2.67. The van der Waals surface area contributed by atoms with Gasteiger partial charge in [-0.1, -0.05) is 6.07 Å². The summed E-state index contributed by atoms with van der Waals surface area (Å²) >= 11 is 0. The van der Waals surface area contributed by atoms with Gasteiger partial charge in [-0.3, -0.25) is 4.79 Å². The van der Waals surface area contributed by atoms with Crippen molar-refractivity contribution in [1.82, 2.24) is 10.2 Å². The van der Waals surface area contributed by atoms with E-state index in [0.29, 0.717) is 31.0 Å². The Morgan fingerprint density at radius 1 is 1.36 bits per heavy atom. The summed E-state index contributed by atoms with van der Waals surface area (Å²) in [6.45, 7) is 1.80. The topological polar surface area (TPSA) is 71.0 Å². The van der Waals surface area contributed by atoms with Gasteiger partial charge in [0.1, 0.15) is 0 Å². The normalized spacial score (nSPS) is 22.2. The first-order valence-electron chi connectivity index (χ1n) is 7.40. The summed E-state index contributed by atoms with van der Waals surface area (Å²) in [5.74, 6) is 0.793. The van der Waals surface area contributed by atoms with Crippen LogP contribution in [0.4, 0.5) is 0 Å². The van der Waals surface area contributed by atoms with Gasteiger partial charge in [0.25, 0.3) is 0 Å². The molecule has 1 aliphatic rings. The highest BCUT2D eigenvalue weighted by Gasteiger charge is 2.31. The lowest BCUT2D eigenvalue weighted by Crippen LogP contribution is -2.48. The minimum absolute atomic E-state index is 0.117. The third kappa shape index (κ3) is 3.90. The third-order valence-corrected chi connectivity index (χ3v) is 4.03. The molecule has 1 aromatic rings. The second-order valence-corrected chi connectivity index (χ2v) is 5.63. The SMILES string of the molecule is COc1ccc(CNC(=O)[C@@H]2CN(C)CC[C@@H]2O)cc1OC. The van der Waals surface area contributed by atoms with Crippen molar-refractivity contribution in [1.29, 1.82) is 0 Å². The summed E-state index contributed by atoms with van der Waals surface area (Å²) < 4.78 is 10.4.